The van der Waals surface area contributed by atoms with Gasteiger partial charge in [-0.15, -0.1) is 0 Å². The molecule has 0 saturated carbocycles. The van der Waals surface area contributed by atoms with Crippen LogP contribution in [0.4, 0.5) is 0 Å². The van der Waals surface area contributed by atoms with E-state index in [0.29, 0.717) is 24.0 Å². The Hall–Kier alpha value is -1.40. The maximum absolute atomic E-state index is 12.1. The molecule has 1 aromatic rings. The second kappa shape index (κ2) is 6.17. The van der Waals surface area contributed by atoms with E-state index in [1.807, 2.05) is 4.90 Å². The number of carbonyl (C=O) groups excluding carboxylic acids is 1. The minimum absolute atomic E-state index is 0.227. The van der Waals surface area contributed by atoms with Crippen LogP contribution in [0.5, 0.6) is 0 Å². The van der Waals surface area contributed by atoms with Crippen LogP contribution in [0.25, 0.3) is 0 Å². The van der Waals surface area contributed by atoms with Gasteiger partial charge in [0.05, 0.1) is 5.27 Å². The van der Waals surface area contributed by atoms with Crippen LogP contribution in [0.1, 0.15) is 38.5 Å². The molecule has 0 N–H and O–H groups in total. The molecule has 1 fully saturated rings. The average Bonchev–Trinajstić information content (AvgIpc) is 2.92. The Kier molecular flexibility index (Phi) is 4.55. The first-order valence-electron chi connectivity index (χ1n) is 6.85. The summed E-state index contributed by atoms with van der Waals surface area (Å²) in [5.74, 6) is 0.727. The van der Waals surface area contributed by atoms with Gasteiger partial charge < -0.3 is 9.42 Å². The summed E-state index contributed by atoms with van der Waals surface area (Å²) in [5, 5.41) is 10.7. The number of hydrogen-bond acceptors (Lipinski definition) is 5. The van der Waals surface area contributed by atoms with Gasteiger partial charge in [0.1, 0.15) is 7.28 Å². The van der Waals surface area contributed by atoms with Crippen LogP contribution < -0.4 is 0 Å². The summed E-state index contributed by atoms with van der Waals surface area (Å²) in [6, 6.07) is 0. The fourth-order valence-electron chi connectivity index (χ4n) is 2.35. The molecule has 19 heavy (non-hydrogen) atoms. The van der Waals surface area contributed by atoms with Gasteiger partial charge in [-0.2, -0.15) is 0 Å². The van der Waals surface area contributed by atoms with Crippen LogP contribution in [0.2, 0.25) is 12.1 Å². The molecule has 0 atom stereocenters. The SMILES string of the molecule is C[B]C1(C)CCN(C(=O)CCCc2nnno2)CC1. The molecule has 1 saturated heterocycles. The highest BCUT2D eigenvalue weighted by Crippen LogP contribution is 2.36. The normalized spacial score (nSPS) is 18.3. The van der Waals surface area contributed by atoms with Gasteiger partial charge in [-0.05, 0) is 24.5 Å². The van der Waals surface area contributed by atoms with Crippen molar-refractivity contribution in [1.29, 1.82) is 0 Å². The van der Waals surface area contributed by atoms with Crippen molar-refractivity contribution in [1.82, 2.24) is 20.5 Å². The van der Waals surface area contributed by atoms with E-state index in [1.54, 1.807) is 0 Å². The van der Waals surface area contributed by atoms with Crippen LogP contribution in [0.15, 0.2) is 4.52 Å². The highest BCUT2D eigenvalue weighted by Gasteiger charge is 2.30. The summed E-state index contributed by atoms with van der Waals surface area (Å²) >= 11 is 0. The van der Waals surface area contributed by atoms with Crippen molar-refractivity contribution in [2.24, 2.45) is 0 Å². The Labute approximate surface area is 114 Å². The molecule has 6 nitrogen and oxygen atoms in total. The summed E-state index contributed by atoms with van der Waals surface area (Å²) in [7, 11) is 2.26. The summed E-state index contributed by atoms with van der Waals surface area (Å²) in [6.45, 7) is 6.09. The Morgan fingerprint density at radius 2 is 2.21 bits per heavy atom. The van der Waals surface area contributed by atoms with E-state index < -0.39 is 0 Å². The van der Waals surface area contributed by atoms with Crippen molar-refractivity contribution in [2.75, 3.05) is 13.1 Å². The minimum atomic E-state index is 0.227. The molecule has 1 amide bonds. The lowest BCUT2D eigenvalue weighted by Gasteiger charge is -2.38. The maximum Gasteiger partial charge on any atom is 0.248 e. The third kappa shape index (κ3) is 3.78. The Morgan fingerprint density at radius 1 is 1.47 bits per heavy atom. The van der Waals surface area contributed by atoms with Crippen LogP contribution in [-0.2, 0) is 11.2 Å². The van der Waals surface area contributed by atoms with Gasteiger partial charge in [0.25, 0.3) is 0 Å². The Morgan fingerprint density at radius 3 is 2.79 bits per heavy atom. The summed E-state index contributed by atoms with van der Waals surface area (Å²) in [6.07, 6.45) is 4.00. The number of hydrogen-bond donors (Lipinski definition) is 0. The second-order valence-corrected chi connectivity index (χ2v) is 5.43. The molecule has 2 rings (SSSR count). The standard InChI is InChI=1S/C12H20BN4O2/c1-12(13-2)6-8-17(9-7-12)11(18)5-3-4-10-14-15-16-19-10/h3-9H2,1-2H3. The highest BCUT2D eigenvalue weighted by molar-refractivity contribution is 6.38. The molecule has 0 aromatic carbocycles. The van der Waals surface area contributed by atoms with Crippen LogP contribution in [0, 0.1) is 0 Å². The lowest BCUT2D eigenvalue weighted by Crippen LogP contribution is -2.41. The molecule has 0 spiro atoms. The lowest BCUT2D eigenvalue weighted by atomic mass is 9.51. The molecular formula is C12H20BN4O2. The summed E-state index contributed by atoms with van der Waals surface area (Å²) in [5.41, 5.74) is 0. The molecule has 1 radical (unpaired) electrons. The fourth-order valence-corrected chi connectivity index (χ4v) is 2.35. The van der Waals surface area contributed by atoms with Gasteiger partial charge in [-0.3, -0.25) is 4.79 Å². The first-order chi connectivity index (χ1) is 9.13. The topological polar surface area (TPSA) is 72.1 Å². The predicted molar refractivity (Wildman–Crippen MR) is 70.8 cm³/mol. The molecule has 1 aromatic heterocycles. The summed E-state index contributed by atoms with van der Waals surface area (Å²) in [4.78, 5) is 14.0. The molecule has 7 heteroatoms. The number of piperidine rings is 1. The van der Waals surface area contributed by atoms with E-state index in [0.717, 1.165) is 32.4 Å². The highest BCUT2D eigenvalue weighted by atomic mass is 16.5. The Bertz CT molecular complexity index is 402. The number of nitrogens with zero attached hydrogens (tertiary/aromatic N) is 4. The van der Waals surface area contributed by atoms with Crippen LogP contribution in [0.3, 0.4) is 0 Å². The van der Waals surface area contributed by atoms with E-state index in [-0.39, 0.29) is 5.91 Å². The largest absolute Gasteiger partial charge is 0.343 e. The number of likely N-dealkylation sites (tertiary alicyclic amines) is 1. The van der Waals surface area contributed by atoms with E-state index in [4.69, 9.17) is 4.52 Å². The van der Waals surface area contributed by atoms with Crippen molar-refractivity contribution in [2.45, 2.75) is 51.2 Å². The third-order valence-corrected chi connectivity index (χ3v) is 4.08. The molecule has 2 heterocycles. The van der Waals surface area contributed by atoms with Crippen LogP contribution >= 0.6 is 0 Å². The van der Waals surface area contributed by atoms with E-state index in [1.165, 1.54) is 0 Å². The number of rotatable bonds is 5. The Balaban J connectivity index is 1.70. The van der Waals surface area contributed by atoms with E-state index in [9.17, 15) is 4.79 Å². The first-order valence-corrected chi connectivity index (χ1v) is 6.85. The molecule has 103 valence electrons. The number of amides is 1. The number of carbonyl (C=O) groups is 1. The average molecular weight is 263 g/mol. The molecule has 0 aliphatic carbocycles. The molecule has 0 unspecified atom stereocenters. The van der Waals surface area contributed by atoms with Crippen molar-refractivity contribution >= 4 is 13.2 Å². The molecule has 0 bridgehead atoms. The van der Waals surface area contributed by atoms with Gasteiger partial charge in [0.15, 0.2) is 0 Å². The smallest absolute Gasteiger partial charge is 0.248 e. The lowest BCUT2D eigenvalue weighted by molar-refractivity contribution is -0.132. The zero-order valence-corrected chi connectivity index (χ0v) is 11.6. The third-order valence-electron chi connectivity index (χ3n) is 4.08. The van der Waals surface area contributed by atoms with Crippen molar-refractivity contribution in [3.05, 3.63) is 5.89 Å². The first kappa shape index (κ1) is 14.0. The molecule has 1 aliphatic heterocycles. The zero-order chi connectivity index (χ0) is 13.7. The zero-order valence-electron chi connectivity index (χ0n) is 11.6. The quantitative estimate of drug-likeness (QED) is 0.749. The van der Waals surface area contributed by atoms with E-state index >= 15 is 0 Å². The van der Waals surface area contributed by atoms with Crippen molar-refractivity contribution in [3.8, 4) is 0 Å². The maximum atomic E-state index is 12.1. The van der Waals surface area contributed by atoms with E-state index in [2.05, 4.69) is 36.6 Å². The van der Waals surface area contributed by atoms with Gasteiger partial charge in [-0.25, -0.2) is 0 Å². The van der Waals surface area contributed by atoms with Crippen molar-refractivity contribution in [3.63, 3.8) is 0 Å². The van der Waals surface area contributed by atoms with Gasteiger partial charge in [-0.1, -0.05) is 24.2 Å². The molecular weight excluding hydrogens is 243 g/mol. The second-order valence-electron chi connectivity index (χ2n) is 5.43. The molecule has 1 aliphatic rings. The van der Waals surface area contributed by atoms with Crippen molar-refractivity contribution < 1.29 is 9.32 Å². The van der Waals surface area contributed by atoms with Gasteiger partial charge in [0, 0.05) is 25.9 Å². The fraction of sp³-hybridized carbons (Fsp3) is 0.833. The predicted octanol–water partition coefficient (Wildman–Crippen LogP) is 1.34. The number of aromatic nitrogens is 3. The number of aryl methyl sites for hydroxylation is 1. The monoisotopic (exact) mass is 263 g/mol. The van der Waals surface area contributed by atoms with Crippen LogP contribution in [-0.4, -0.2) is 46.8 Å². The minimum Gasteiger partial charge on any atom is -0.343 e. The van der Waals surface area contributed by atoms with Gasteiger partial charge >= 0.3 is 0 Å². The van der Waals surface area contributed by atoms with Gasteiger partial charge in [0.2, 0.25) is 11.8 Å². The summed E-state index contributed by atoms with van der Waals surface area (Å²) < 4.78 is 4.80.